The van der Waals surface area contributed by atoms with Crippen LogP contribution >= 0.6 is 0 Å². The number of likely N-dealkylation sites (tertiary alicyclic amines) is 1. The van der Waals surface area contributed by atoms with E-state index in [2.05, 4.69) is 15.1 Å². The van der Waals surface area contributed by atoms with Crippen LogP contribution in [0.15, 0.2) is 14.9 Å². The van der Waals surface area contributed by atoms with Crippen molar-refractivity contribution in [2.24, 2.45) is 5.92 Å². The molecule has 0 atom stereocenters. The van der Waals surface area contributed by atoms with Crippen LogP contribution in [-0.4, -0.2) is 39.9 Å². The molecule has 3 heterocycles. The van der Waals surface area contributed by atoms with Crippen molar-refractivity contribution in [3.63, 3.8) is 0 Å². The summed E-state index contributed by atoms with van der Waals surface area (Å²) in [5.74, 6) is 3.23. The molecule has 0 unspecified atom stereocenters. The van der Waals surface area contributed by atoms with Gasteiger partial charge in [-0.25, -0.2) is 0 Å². The zero-order valence-corrected chi connectivity index (χ0v) is 12.5. The Labute approximate surface area is 123 Å². The van der Waals surface area contributed by atoms with Crippen molar-refractivity contribution in [1.82, 2.24) is 15.1 Å². The fraction of sp³-hybridized carbons (Fsp3) is 0.600. The highest BCUT2D eigenvalue weighted by atomic mass is 16.4. The molecule has 0 spiro atoms. The monoisotopic (exact) mass is 291 g/mol. The number of nitrogens with zero attached hydrogens (tertiary/aromatic N) is 3. The summed E-state index contributed by atoms with van der Waals surface area (Å²) in [6.07, 6.45) is 2.05. The lowest BCUT2D eigenvalue weighted by atomic mass is 9.98. The van der Waals surface area contributed by atoms with E-state index >= 15 is 0 Å². The molecule has 2 aromatic heterocycles. The standard InChI is InChI=1S/C15H21N3O3/c1-10-7-13(11(2)20-10)15-17-16-14(21-15)8-18-5-3-12(9-19)4-6-18/h7,12,19H,3-6,8-9H2,1-2H3. The highest BCUT2D eigenvalue weighted by molar-refractivity contribution is 5.55. The van der Waals surface area contributed by atoms with Crippen molar-refractivity contribution in [2.45, 2.75) is 33.2 Å². The second kappa shape index (κ2) is 5.99. The van der Waals surface area contributed by atoms with Crippen molar-refractivity contribution >= 4 is 0 Å². The molecule has 0 amide bonds. The Hall–Kier alpha value is -1.66. The number of rotatable bonds is 4. The molecular weight excluding hydrogens is 270 g/mol. The number of aryl methyl sites for hydroxylation is 2. The molecule has 3 rings (SSSR count). The number of piperidine rings is 1. The SMILES string of the molecule is Cc1cc(-c2nnc(CN3CCC(CO)CC3)o2)c(C)o1. The Bertz CT molecular complexity index is 597. The molecule has 1 saturated heterocycles. The van der Waals surface area contributed by atoms with E-state index in [1.807, 2.05) is 19.9 Å². The summed E-state index contributed by atoms with van der Waals surface area (Å²) in [5.41, 5.74) is 0.866. The van der Waals surface area contributed by atoms with Gasteiger partial charge in [0.25, 0.3) is 5.89 Å². The molecule has 1 fully saturated rings. The molecule has 1 N–H and O–H groups in total. The second-order valence-corrected chi connectivity index (χ2v) is 5.73. The van der Waals surface area contributed by atoms with Crippen LogP contribution in [0.25, 0.3) is 11.5 Å². The van der Waals surface area contributed by atoms with Gasteiger partial charge in [-0.05, 0) is 51.8 Å². The van der Waals surface area contributed by atoms with Crippen molar-refractivity contribution in [3.8, 4) is 11.5 Å². The van der Waals surface area contributed by atoms with E-state index in [1.54, 1.807) is 0 Å². The van der Waals surface area contributed by atoms with Crippen LogP contribution in [0.2, 0.25) is 0 Å². The normalized spacial score (nSPS) is 17.5. The molecule has 0 saturated carbocycles. The minimum atomic E-state index is 0.289. The van der Waals surface area contributed by atoms with Crippen molar-refractivity contribution in [3.05, 3.63) is 23.5 Å². The first-order valence-corrected chi connectivity index (χ1v) is 7.38. The Morgan fingerprint density at radius 1 is 1.24 bits per heavy atom. The zero-order chi connectivity index (χ0) is 14.8. The number of hydrogen-bond donors (Lipinski definition) is 1. The Balaban J connectivity index is 1.64. The number of furan rings is 1. The number of aromatic nitrogens is 2. The first-order chi connectivity index (χ1) is 10.2. The first-order valence-electron chi connectivity index (χ1n) is 7.38. The maximum Gasteiger partial charge on any atom is 0.251 e. The summed E-state index contributed by atoms with van der Waals surface area (Å²) in [6.45, 7) is 6.68. The van der Waals surface area contributed by atoms with Gasteiger partial charge in [-0.15, -0.1) is 10.2 Å². The van der Waals surface area contributed by atoms with Crippen molar-refractivity contribution in [1.29, 1.82) is 0 Å². The lowest BCUT2D eigenvalue weighted by Gasteiger charge is -2.29. The summed E-state index contributed by atoms with van der Waals surface area (Å²) in [6, 6.07) is 1.92. The lowest BCUT2D eigenvalue weighted by molar-refractivity contribution is 0.121. The zero-order valence-electron chi connectivity index (χ0n) is 12.5. The molecule has 0 aliphatic carbocycles. The minimum Gasteiger partial charge on any atom is -0.466 e. The van der Waals surface area contributed by atoms with E-state index in [0.717, 1.165) is 43.0 Å². The predicted octanol–water partition coefficient (Wildman–Crippen LogP) is 2.15. The third-order valence-corrected chi connectivity index (χ3v) is 4.06. The fourth-order valence-corrected chi connectivity index (χ4v) is 2.79. The van der Waals surface area contributed by atoms with E-state index in [4.69, 9.17) is 13.9 Å². The third-order valence-electron chi connectivity index (χ3n) is 4.06. The van der Waals surface area contributed by atoms with Gasteiger partial charge in [-0.1, -0.05) is 0 Å². The number of aliphatic hydroxyl groups is 1. The molecule has 0 aromatic carbocycles. The highest BCUT2D eigenvalue weighted by Gasteiger charge is 2.21. The van der Waals surface area contributed by atoms with Crippen LogP contribution in [0.3, 0.4) is 0 Å². The average Bonchev–Trinajstić information content (AvgIpc) is 3.06. The van der Waals surface area contributed by atoms with Crippen molar-refractivity contribution < 1.29 is 13.9 Å². The summed E-state index contributed by atoms with van der Waals surface area (Å²) in [4.78, 5) is 2.29. The van der Waals surface area contributed by atoms with Crippen LogP contribution in [0, 0.1) is 19.8 Å². The Morgan fingerprint density at radius 3 is 2.62 bits per heavy atom. The Morgan fingerprint density at radius 2 is 2.00 bits per heavy atom. The van der Waals surface area contributed by atoms with Gasteiger partial charge in [0.1, 0.15) is 11.5 Å². The summed E-state index contributed by atoms with van der Waals surface area (Å²) in [7, 11) is 0. The third kappa shape index (κ3) is 3.16. The minimum absolute atomic E-state index is 0.289. The van der Waals surface area contributed by atoms with Gasteiger partial charge < -0.3 is 13.9 Å². The quantitative estimate of drug-likeness (QED) is 0.930. The van der Waals surface area contributed by atoms with Crippen LogP contribution in [0.1, 0.15) is 30.3 Å². The van der Waals surface area contributed by atoms with E-state index in [1.165, 1.54) is 0 Å². The van der Waals surface area contributed by atoms with Crippen LogP contribution in [0.4, 0.5) is 0 Å². The maximum atomic E-state index is 9.16. The molecular formula is C15H21N3O3. The molecule has 6 nitrogen and oxygen atoms in total. The van der Waals surface area contributed by atoms with Gasteiger partial charge in [0, 0.05) is 6.61 Å². The van der Waals surface area contributed by atoms with E-state index in [0.29, 0.717) is 24.2 Å². The van der Waals surface area contributed by atoms with Gasteiger partial charge >= 0.3 is 0 Å². The number of hydrogen-bond acceptors (Lipinski definition) is 6. The summed E-state index contributed by atoms with van der Waals surface area (Å²) < 4.78 is 11.2. The maximum absolute atomic E-state index is 9.16. The molecule has 0 bridgehead atoms. The molecule has 21 heavy (non-hydrogen) atoms. The molecule has 1 aliphatic rings. The van der Waals surface area contributed by atoms with Gasteiger partial charge in [0.2, 0.25) is 5.89 Å². The Kier molecular flexibility index (Phi) is 4.07. The van der Waals surface area contributed by atoms with E-state index < -0.39 is 0 Å². The van der Waals surface area contributed by atoms with E-state index in [-0.39, 0.29) is 6.61 Å². The van der Waals surface area contributed by atoms with Crippen LogP contribution < -0.4 is 0 Å². The van der Waals surface area contributed by atoms with Crippen molar-refractivity contribution in [2.75, 3.05) is 19.7 Å². The van der Waals surface area contributed by atoms with Crippen LogP contribution in [-0.2, 0) is 6.54 Å². The second-order valence-electron chi connectivity index (χ2n) is 5.73. The molecule has 0 radical (unpaired) electrons. The predicted molar refractivity (Wildman–Crippen MR) is 76.6 cm³/mol. The largest absolute Gasteiger partial charge is 0.466 e. The molecule has 114 valence electrons. The van der Waals surface area contributed by atoms with Crippen LogP contribution in [0.5, 0.6) is 0 Å². The van der Waals surface area contributed by atoms with E-state index in [9.17, 15) is 0 Å². The van der Waals surface area contributed by atoms with Gasteiger partial charge in [0.05, 0.1) is 12.1 Å². The summed E-state index contributed by atoms with van der Waals surface area (Å²) >= 11 is 0. The molecule has 6 heteroatoms. The van der Waals surface area contributed by atoms with Gasteiger partial charge in [0.15, 0.2) is 0 Å². The van der Waals surface area contributed by atoms with Gasteiger partial charge in [-0.2, -0.15) is 0 Å². The highest BCUT2D eigenvalue weighted by Crippen LogP contribution is 2.26. The molecule has 1 aliphatic heterocycles. The fourth-order valence-electron chi connectivity index (χ4n) is 2.79. The first kappa shape index (κ1) is 14.3. The van der Waals surface area contributed by atoms with Gasteiger partial charge in [-0.3, -0.25) is 4.90 Å². The smallest absolute Gasteiger partial charge is 0.251 e. The lowest BCUT2D eigenvalue weighted by Crippen LogP contribution is -2.34. The summed E-state index contributed by atoms with van der Waals surface area (Å²) in [5, 5.41) is 17.4. The number of aliphatic hydroxyl groups excluding tert-OH is 1. The topological polar surface area (TPSA) is 75.5 Å². The average molecular weight is 291 g/mol. The molecule has 2 aromatic rings.